The average molecular weight is 554 g/mol. The molecule has 0 unspecified atom stereocenters. The average Bonchev–Trinajstić information content (AvgIpc) is 3.36. The predicted octanol–water partition coefficient (Wildman–Crippen LogP) is 8.10. The molecule has 5 rings (SSSR count). The Morgan fingerprint density at radius 3 is 2.38 bits per heavy atom. The van der Waals surface area contributed by atoms with Gasteiger partial charge in [-0.3, -0.25) is 4.79 Å². The molecule has 194 valence electrons. The van der Waals surface area contributed by atoms with Crippen molar-refractivity contribution in [3.8, 4) is 22.7 Å². The Kier molecular flexibility index (Phi) is 8.11. The summed E-state index contributed by atoms with van der Waals surface area (Å²) >= 11 is 12.1. The number of aromatic nitrogens is 1. The van der Waals surface area contributed by atoms with E-state index in [9.17, 15) is 4.79 Å². The number of para-hydroxylation sites is 1. The smallest absolute Gasteiger partial charge is 0.271 e. The maximum absolute atomic E-state index is 12.8. The Balaban J connectivity index is 1.25. The molecular formula is C32H25Cl2N3O2. The lowest BCUT2D eigenvalue weighted by atomic mass is 10.1. The zero-order valence-corrected chi connectivity index (χ0v) is 22.7. The van der Waals surface area contributed by atoms with Crippen molar-refractivity contribution >= 4 is 35.3 Å². The van der Waals surface area contributed by atoms with Crippen molar-refractivity contribution in [3.63, 3.8) is 0 Å². The largest absolute Gasteiger partial charge is 0.488 e. The minimum atomic E-state index is -0.306. The van der Waals surface area contributed by atoms with Crippen LogP contribution in [0.3, 0.4) is 0 Å². The number of halogens is 2. The van der Waals surface area contributed by atoms with Crippen LogP contribution in [0.2, 0.25) is 10.0 Å². The summed E-state index contributed by atoms with van der Waals surface area (Å²) in [5, 5.41) is 5.12. The number of carbonyl (C=O) groups excluding carboxylic acids is 1. The quantitative estimate of drug-likeness (QED) is 0.156. The van der Waals surface area contributed by atoms with Crippen LogP contribution in [0, 0.1) is 6.92 Å². The van der Waals surface area contributed by atoms with E-state index in [0.717, 1.165) is 33.8 Å². The van der Waals surface area contributed by atoms with Gasteiger partial charge in [-0.15, -0.1) is 0 Å². The lowest BCUT2D eigenvalue weighted by Crippen LogP contribution is -2.17. The van der Waals surface area contributed by atoms with E-state index in [4.69, 9.17) is 27.9 Å². The highest BCUT2D eigenvalue weighted by Crippen LogP contribution is 2.27. The number of carbonyl (C=O) groups is 1. The summed E-state index contributed by atoms with van der Waals surface area (Å²) in [4.78, 5) is 12.8. The molecule has 0 spiro atoms. The molecule has 39 heavy (non-hydrogen) atoms. The van der Waals surface area contributed by atoms with Gasteiger partial charge in [0.2, 0.25) is 0 Å². The normalized spacial score (nSPS) is 11.1. The van der Waals surface area contributed by atoms with Crippen molar-refractivity contribution < 1.29 is 9.53 Å². The molecule has 1 N–H and O–H groups in total. The van der Waals surface area contributed by atoms with Gasteiger partial charge in [0.15, 0.2) is 0 Å². The van der Waals surface area contributed by atoms with Crippen molar-refractivity contribution in [2.45, 2.75) is 13.5 Å². The van der Waals surface area contributed by atoms with Crippen LogP contribution in [0.5, 0.6) is 5.75 Å². The summed E-state index contributed by atoms with van der Waals surface area (Å²) in [5.41, 5.74) is 9.02. The lowest BCUT2D eigenvalue weighted by molar-refractivity contribution is 0.0955. The highest BCUT2D eigenvalue weighted by atomic mass is 35.5. The molecule has 0 aliphatic heterocycles. The minimum absolute atomic E-state index is 0.306. The molecule has 0 aliphatic carbocycles. The fourth-order valence-electron chi connectivity index (χ4n) is 4.21. The summed E-state index contributed by atoms with van der Waals surface area (Å²) in [7, 11) is 0. The molecule has 0 saturated carbocycles. The molecule has 4 aromatic carbocycles. The molecule has 0 aliphatic rings. The first-order valence-corrected chi connectivity index (χ1v) is 13.1. The summed E-state index contributed by atoms with van der Waals surface area (Å²) < 4.78 is 8.12. The Hall–Kier alpha value is -4.32. The third-order valence-electron chi connectivity index (χ3n) is 6.20. The van der Waals surface area contributed by atoms with E-state index in [-0.39, 0.29) is 5.91 Å². The number of benzene rings is 4. The van der Waals surface area contributed by atoms with Crippen LogP contribution in [-0.4, -0.2) is 16.7 Å². The van der Waals surface area contributed by atoms with E-state index in [1.54, 1.807) is 30.5 Å². The van der Waals surface area contributed by atoms with E-state index in [1.165, 1.54) is 0 Å². The maximum Gasteiger partial charge on any atom is 0.271 e. The predicted molar refractivity (Wildman–Crippen MR) is 158 cm³/mol. The molecule has 0 fully saturated rings. The lowest BCUT2D eigenvalue weighted by Gasteiger charge is -2.13. The number of aryl methyl sites for hydroxylation is 1. The van der Waals surface area contributed by atoms with Crippen LogP contribution in [0.15, 0.2) is 114 Å². The first-order valence-electron chi connectivity index (χ1n) is 12.3. The van der Waals surface area contributed by atoms with E-state index in [1.807, 2.05) is 60.7 Å². The number of nitrogens with one attached hydrogen (secondary N) is 1. The van der Waals surface area contributed by atoms with Gasteiger partial charge in [0, 0.05) is 22.5 Å². The standard InChI is InChI=1S/C32H25Cl2N3O2/c1-22-11-18-30(24-7-3-2-4-8-24)37(22)27-15-13-25(14-16-27)32(38)36-35-20-26-9-5-6-10-31(26)39-21-23-12-17-28(33)29(34)19-23/h2-20H,21H2,1H3,(H,36,38)/b35-20+. The Morgan fingerprint density at radius 2 is 1.62 bits per heavy atom. The van der Waals surface area contributed by atoms with Crippen LogP contribution in [-0.2, 0) is 6.61 Å². The van der Waals surface area contributed by atoms with Crippen LogP contribution in [0.4, 0.5) is 0 Å². The monoisotopic (exact) mass is 553 g/mol. The number of hydrogen-bond acceptors (Lipinski definition) is 3. The first kappa shape index (κ1) is 26.3. The van der Waals surface area contributed by atoms with Crippen molar-refractivity contribution in [3.05, 3.63) is 142 Å². The van der Waals surface area contributed by atoms with Crippen LogP contribution >= 0.6 is 23.2 Å². The zero-order valence-electron chi connectivity index (χ0n) is 21.1. The first-order chi connectivity index (χ1) is 19.0. The molecule has 0 saturated heterocycles. The summed E-state index contributed by atoms with van der Waals surface area (Å²) in [6.07, 6.45) is 1.56. The third-order valence-corrected chi connectivity index (χ3v) is 6.94. The van der Waals surface area contributed by atoms with E-state index < -0.39 is 0 Å². The second-order valence-corrected chi connectivity index (χ2v) is 9.70. The molecule has 1 aromatic heterocycles. The van der Waals surface area contributed by atoms with Gasteiger partial charge in [0.1, 0.15) is 12.4 Å². The van der Waals surface area contributed by atoms with Crippen molar-refractivity contribution in [2.24, 2.45) is 5.10 Å². The van der Waals surface area contributed by atoms with Crippen LogP contribution in [0.1, 0.15) is 27.2 Å². The molecule has 1 amide bonds. The topological polar surface area (TPSA) is 55.6 Å². The van der Waals surface area contributed by atoms with Crippen molar-refractivity contribution in [1.29, 1.82) is 0 Å². The van der Waals surface area contributed by atoms with E-state index in [0.29, 0.717) is 28.0 Å². The van der Waals surface area contributed by atoms with Gasteiger partial charge in [-0.2, -0.15) is 5.10 Å². The molecule has 1 heterocycles. The number of ether oxygens (including phenoxy) is 1. The molecule has 5 nitrogen and oxygen atoms in total. The van der Waals surface area contributed by atoms with Gasteiger partial charge < -0.3 is 9.30 Å². The minimum Gasteiger partial charge on any atom is -0.488 e. The zero-order chi connectivity index (χ0) is 27.2. The van der Waals surface area contributed by atoms with Gasteiger partial charge in [-0.25, -0.2) is 5.43 Å². The highest BCUT2D eigenvalue weighted by Gasteiger charge is 2.11. The van der Waals surface area contributed by atoms with Gasteiger partial charge in [-0.1, -0.05) is 71.7 Å². The molecule has 0 atom stereocenters. The fourth-order valence-corrected chi connectivity index (χ4v) is 4.53. The molecule has 0 radical (unpaired) electrons. The molecule has 0 bridgehead atoms. The molecule has 5 aromatic rings. The summed E-state index contributed by atoms with van der Waals surface area (Å²) in [6, 6.07) is 34.7. The summed E-state index contributed by atoms with van der Waals surface area (Å²) in [6.45, 7) is 2.38. The van der Waals surface area contributed by atoms with E-state index >= 15 is 0 Å². The highest BCUT2D eigenvalue weighted by molar-refractivity contribution is 6.42. The fraction of sp³-hybridized carbons (Fsp3) is 0.0625. The van der Waals surface area contributed by atoms with Gasteiger partial charge in [0.25, 0.3) is 5.91 Å². The number of amides is 1. The Labute approximate surface area is 237 Å². The maximum atomic E-state index is 12.8. The number of hydrazone groups is 1. The molecule has 7 heteroatoms. The SMILES string of the molecule is Cc1ccc(-c2ccccc2)n1-c1ccc(C(=O)N/N=C/c2ccccc2OCc2ccc(Cl)c(Cl)c2)cc1. The summed E-state index contributed by atoms with van der Waals surface area (Å²) in [5.74, 6) is 0.321. The van der Waals surface area contributed by atoms with Crippen molar-refractivity contribution in [1.82, 2.24) is 9.99 Å². The van der Waals surface area contributed by atoms with Gasteiger partial charge >= 0.3 is 0 Å². The van der Waals surface area contributed by atoms with E-state index in [2.05, 4.69) is 46.3 Å². The van der Waals surface area contributed by atoms with Crippen LogP contribution < -0.4 is 10.2 Å². The molecular weight excluding hydrogens is 529 g/mol. The third kappa shape index (κ3) is 6.23. The number of hydrogen-bond donors (Lipinski definition) is 1. The number of rotatable bonds is 8. The van der Waals surface area contributed by atoms with Gasteiger partial charge in [0.05, 0.1) is 22.0 Å². The second kappa shape index (κ2) is 12.0. The number of nitrogens with zero attached hydrogens (tertiary/aromatic N) is 2. The van der Waals surface area contributed by atoms with Crippen molar-refractivity contribution in [2.75, 3.05) is 0 Å². The van der Waals surface area contributed by atoms with Gasteiger partial charge in [-0.05, 0) is 78.7 Å². The second-order valence-electron chi connectivity index (χ2n) is 8.88. The Morgan fingerprint density at radius 1 is 0.872 bits per heavy atom. The van der Waals surface area contributed by atoms with Crippen LogP contribution in [0.25, 0.3) is 16.9 Å². The Bertz CT molecular complexity index is 1630.